The van der Waals surface area contributed by atoms with E-state index in [4.69, 9.17) is 9.47 Å². The van der Waals surface area contributed by atoms with Crippen molar-refractivity contribution in [2.24, 2.45) is 5.92 Å². The van der Waals surface area contributed by atoms with Gasteiger partial charge in [0, 0.05) is 11.2 Å². The minimum Gasteiger partial charge on any atom is -0.381 e. The van der Waals surface area contributed by atoms with E-state index in [0.717, 1.165) is 25.2 Å². The number of alkyl halides is 1. The van der Waals surface area contributed by atoms with Crippen molar-refractivity contribution in [2.75, 3.05) is 25.2 Å². The van der Waals surface area contributed by atoms with E-state index in [9.17, 15) is 0 Å². The molecule has 1 atom stereocenters. The summed E-state index contributed by atoms with van der Waals surface area (Å²) in [6.45, 7) is 4.69. The van der Waals surface area contributed by atoms with Crippen molar-refractivity contribution < 1.29 is 9.47 Å². The van der Waals surface area contributed by atoms with Crippen molar-refractivity contribution in [1.29, 1.82) is 0 Å². The van der Waals surface area contributed by atoms with E-state index in [0.29, 0.717) is 12.0 Å². The van der Waals surface area contributed by atoms with E-state index >= 15 is 0 Å². The van der Waals surface area contributed by atoms with Crippen LogP contribution in [-0.4, -0.2) is 31.3 Å². The van der Waals surface area contributed by atoms with Gasteiger partial charge in [0.25, 0.3) is 0 Å². The van der Waals surface area contributed by atoms with Crippen molar-refractivity contribution in [1.82, 2.24) is 0 Å². The van der Waals surface area contributed by atoms with Crippen LogP contribution < -0.4 is 0 Å². The second-order valence-electron chi connectivity index (χ2n) is 2.70. The van der Waals surface area contributed by atoms with E-state index in [1.54, 1.807) is 0 Å². The summed E-state index contributed by atoms with van der Waals surface area (Å²) in [7, 11) is 0. The quantitative estimate of drug-likeness (QED) is 0.652. The molecule has 0 aromatic carbocycles. The SMILES string of the molecule is CC(CBr)OCC1COC1. The Morgan fingerprint density at radius 1 is 1.70 bits per heavy atom. The number of rotatable bonds is 4. The molecule has 0 aromatic rings. The third-order valence-electron chi connectivity index (χ3n) is 1.54. The van der Waals surface area contributed by atoms with Crippen molar-refractivity contribution in [3.63, 3.8) is 0 Å². The zero-order chi connectivity index (χ0) is 7.40. The molecule has 0 radical (unpaired) electrons. The first-order valence-corrected chi connectivity index (χ1v) is 4.70. The van der Waals surface area contributed by atoms with Crippen LogP contribution >= 0.6 is 15.9 Å². The highest BCUT2D eigenvalue weighted by atomic mass is 79.9. The number of hydrogen-bond donors (Lipinski definition) is 0. The third-order valence-corrected chi connectivity index (χ3v) is 2.45. The Kier molecular flexibility index (Phi) is 3.66. The van der Waals surface area contributed by atoms with E-state index in [2.05, 4.69) is 22.9 Å². The van der Waals surface area contributed by atoms with Crippen LogP contribution in [0.2, 0.25) is 0 Å². The average molecular weight is 209 g/mol. The van der Waals surface area contributed by atoms with Crippen molar-refractivity contribution >= 4 is 15.9 Å². The summed E-state index contributed by atoms with van der Waals surface area (Å²) >= 11 is 3.35. The first-order valence-electron chi connectivity index (χ1n) is 3.58. The fourth-order valence-electron chi connectivity index (χ4n) is 0.726. The van der Waals surface area contributed by atoms with Gasteiger partial charge in [-0.15, -0.1) is 0 Å². The van der Waals surface area contributed by atoms with Crippen molar-refractivity contribution in [2.45, 2.75) is 13.0 Å². The minimum atomic E-state index is 0.334. The lowest BCUT2D eigenvalue weighted by Gasteiger charge is -2.26. The van der Waals surface area contributed by atoms with Crippen LogP contribution in [0, 0.1) is 5.92 Å². The van der Waals surface area contributed by atoms with Crippen LogP contribution in [0.4, 0.5) is 0 Å². The molecule has 0 bridgehead atoms. The zero-order valence-corrected chi connectivity index (χ0v) is 7.76. The van der Waals surface area contributed by atoms with E-state index in [-0.39, 0.29) is 0 Å². The minimum absolute atomic E-state index is 0.334. The van der Waals surface area contributed by atoms with Gasteiger partial charge in [0.1, 0.15) is 0 Å². The third kappa shape index (κ3) is 2.56. The smallest absolute Gasteiger partial charge is 0.0643 e. The molecule has 0 aliphatic carbocycles. The maximum absolute atomic E-state index is 5.47. The lowest BCUT2D eigenvalue weighted by atomic mass is 10.1. The fraction of sp³-hybridized carbons (Fsp3) is 1.00. The van der Waals surface area contributed by atoms with E-state index < -0.39 is 0 Å². The molecule has 1 heterocycles. The molecule has 2 nitrogen and oxygen atoms in total. The molecule has 1 aliphatic rings. The fourth-order valence-corrected chi connectivity index (χ4v) is 0.913. The summed E-state index contributed by atoms with van der Waals surface area (Å²) in [5, 5.41) is 0.917. The molecule has 0 amide bonds. The molecule has 1 rings (SSSR count). The summed E-state index contributed by atoms with van der Waals surface area (Å²) in [5.41, 5.74) is 0. The predicted molar refractivity (Wildman–Crippen MR) is 43.5 cm³/mol. The van der Waals surface area contributed by atoms with Gasteiger partial charge >= 0.3 is 0 Å². The Bertz CT molecular complexity index is 88.9. The van der Waals surface area contributed by atoms with E-state index in [1.807, 2.05) is 0 Å². The molecule has 1 aliphatic heterocycles. The number of ether oxygens (including phenoxy) is 2. The van der Waals surface area contributed by atoms with Crippen LogP contribution in [0.5, 0.6) is 0 Å². The maximum Gasteiger partial charge on any atom is 0.0643 e. The number of hydrogen-bond acceptors (Lipinski definition) is 2. The number of halogens is 1. The van der Waals surface area contributed by atoms with E-state index in [1.165, 1.54) is 0 Å². The molecule has 0 saturated carbocycles. The Morgan fingerprint density at radius 3 is 2.80 bits per heavy atom. The van der Waals surface area contributed by atoms with Gasteiger partial charge in [0.15, 0.2) is 0 Å². The Balaban J connectivity index is 1.93. The monoisotopic (exact) mass is 208 g/mol. The largest absolute Gasteiger partial charge is 0.381 e. The highest BCUT2D eigenvalue weighted by Crippen LogP contribution is 2.11. The summed E-state index contributed by atoms with van der Waals surface area (Å²) in [5.74, 6) is 0.654. The maximum atomic E-state index is 5.47. The van der Waals surface area contributed by atoms with Gasteiger partial charge in [-0.25, -0.2) is 0 Å². The highest BCUT2D eigenvalue weighted by Gasteiger charge is 2.18. The second-order valence-corrected chi connectivity index (χ2v) is 3.35. The molecule has 1 saturated heterocycles. The Morgan fingerprint density at radius 2 is 2.40 bits per heavy atom. The Labute approximate surface area is 70.0 Å². The zero-order valence-electron chi connectivity index (χ0n) is 6.18. The topological polar surface area (TPSA) is 18.5 Å². The van der Waals surface area contributed by atoms with Crippen LogP contribution in [0.1, 0.15) is 6.92 Å². The molecule has 60 valence electrons. The standard InChI is InChI=1S/C7H13BrO2/c1-6(2-8)10-5-7-3-9-4-7/h6-7H,2-5H2,1H3. The van der Waals surface area contributed by atoms with Gasteiger partial charge in [0.2, 0.25) is 0 Å². The van der Waals surface area contributed by atoms with Gasteiger partial charge in [0.05, 0.1) is 25.9 Å². The summed E-state index contributed by atoms with van der Waals surface area (Å²) < 4.78 is 10.5. The molecule has 1 fully saturated rings. The Hall–Kier alpha value is 0.400. The molecule has 0 spiro atoms. The van der Waals surface area contributed by atoms with Gasteiger partial charge in [-0.2, -0.15) is 0 Å². The molecule has 1 unspecified atom stereocenters. The molecule has 0 N–H and O–H groups in total. The normalized spacial score (nSPS) is 22.2. The lowest BCUT2D eigenvalue weighted by Crippen LogP contribution is -2.33. The molecule has 10 heavy (non-hydrogen) atoms. The average Bonchev–Trinajstić information content (AvgIpc) is 1.84. The lowest BCUT2D eigenvalue weighted by molar-refractivity contribution is -0.0809. The molecular weight excluding hydrogens is 196 g/mol. The molecule has 3 heteroatoms. The van der Waals surface area contributed by atoms with Crippen LogP contribution in [0.3, 0.4) is 0 Å². The van der Waals surface area contributed by atoms with Gasteiger partial charge in [-0.05, 0) is 6.92 Å². The van der Waals surface area contributed by atoms with Crippen LogP contribution in [0.25, 0.3) is 0 Å². The summed E-state index contributed by atoms with van der Waals surface area (Å²) in [6, 6.07) is 0. The van der Waals surface area contributed by atoms with Gasteiger partial charge < -0.3 is 9.47 Å². The second kappa shape index (κ2) is 4.31. The van der Waals surface area contributed by atoms with Crippen molar-refractivity contribution in [3.8, 4) is 0 Å². The first kappa shape index (κ1) is 8.50. The predicted octanol–water partition coefficient (Wildman–Crippen LogP) is 1.43. The molecule has 0 aromatic heterocycles. The summed E-state index contributed by atoms with van der Waals surface area (Å²) in [4.78, 5) is 0. The van der Waals surface area contributed by atoms with Crippen LogP contribution in [-0.2, 0) is 9.47 Å². The van der Waals surface area contributed by atoms with Gasteiger partial charge in [-0.1, -0.05) is 15.9 Å². The first-order chi connectivity index (χ1) is 4.83. The molecular formula is C7H13BrO2. The van der Waals surface area contributed by atoms with Crippen LogP contribution in [0.15, 0.2) is 0 Å². The summed E-state index contributed by atoms with van der Waals surface area (Å²) in [6.07, 6.45) is 0.334. The van der Waals surface area contributed by atoms with Crippen molar-refractivity contribution in [3.05, 3.63) is 0 Å². The van der Waals surface area contributed by atoms with Gasteiger partial charge in [-0.3, -0.25) is 0 Å². The highest BCUT2D eigenvalue weighted by molar-refractivity contribution is 9.09.